The Morgan fingerprint density at radius 2 is 2.08 bits per heavy atom. The van der Waals surface area contributed by atoms with Crippen LogP contribution in [-0.2, 0) is 5.75 Å². The first-order chi connectivity index (χ1) is 12.8. The average molecular weight is 380 g/mol. The number of fused-ring (bicyclic) bond motifs is 1. The van der Waals surface area contributed by atoms with E-state index in [-0.39, 0.29) is 5.56 Å². The highest BCUT2D eigenvalue weighted by Crippen LogP contribution is 2.42. The van der Waals surface area contributed by atoms with Crippen LogP contribution >= 0.6 is 23.1 Å². The predicted molar refractivity (Wildman–Crippen MR) is 106 cm³/mol. The fourth-order valence-corrected chi connectivity index (χ4v) is 4.72. The predicted octanol–water partition coefficient (Wildman–Crippen LogP) is 4.48. The third-order valence-corrected chi connectivity index (χ3v) is 6.33. The zero-order valence-corrected chi connectivity index (χ0v) is 15.5. The third kappa shape index (κ3) is 2.87. The number of thiophene rings is 1. The Morgan fingerprint density at radius 1 is 1.23 bits per heavy atom. The van der Waals surface area contributed by atoms with Crippen LogP contribution in [-0.4, -0.2) is 19.5 Å². The van der Waals surface area contributed by atoms with Gasteiger partial charge in [0.2, 0.25) is 0 Å². The number of nitrogens with one attached hydrogen (secondary N) is 1. The minimum Gasteiger partial charge on any atom is -0.316 e. The molecule has 26 heavy (non-hydrogen) atoms. The van der Waals surface area contributed by atoms with Gasteiger partial charge in [0.15, 0.2) is 5.16 Å². The highest BCUT2D eigenvalue weighted by Gasteiger charge is 2.29. The zero-order valence-electron chi connectivity index (χ0n) is 13.9. The summed E-state index contributed by atoms with van der Waals surface area (Å²) in [6.07, 6.45) is 4.34. The van der Waals surface area contributed by atoms with Crippen molar-refractivity contribution >= 4 is 33.3 Å². The van der Waals surface area contributed by atoms with Crippen molar-refractivity contribution in [2.75, 3.05) is 0 Å². The van der Waals surface area contributed by atoms with Gasteiger partial charge in [-0.2, -0.15) is 0 Å². The summed E-state index contributed by atoms with van der Waals surface area (Å²) in [6.45, 7) is 0. The molecular weight excluding hydrogens is 364 g/mol. The summed E-state index contributed by atoms with van der Waals surface area (Å²) >= 11 is 3.05. The van der Waals surface area contributed by atoms with Crippen LogP contribution in [0.2, 0.25) is 0 Å². The summed E-state index contributed by atoms with van der Waals surface area (Å²) in [6, 6.07) is 12.8. The number of aromatic amines is 1. The molecule has 4 aromatic rings. The van der Waals surface area contributed by atoms with E-state index in [1.807, 2.05) is 23.7 Å². The normalized spacial score (nSPS) is 14.2. The Kier molecular flexibility index (Phi) is 3.90. The molecule has 130 valence electrons. The van der Waals surface area contributed by atoms with E-state index in [1.54, 1.807) is 11.8 Å². The van der Waals surface area contributed by atoms with Crippen molar-refractivity contribution in [3.8, 4) is 11.3 Å². The molecule has 0 amide bonds. The maximum atomic E-state index is 12.1. The van der Waals surface area contributed by atoms with Gasteiger partial charge in [-0.25, -0.2) is 9.97 Å². The molecule has 1 saturated carbocycles. The summed E-state index contributed by atoms with van der Waals surface area (Å²) in [7, 11) is 0. The van der Waals surface area contributed by atoms with Gasteiger partial charge in [-0.3, -0.25) is 4.79 Å². The average Bonchev–Trinajstić information content (AvgIpc) is 3.23. The lowest BCUT2D eigenvalue weighted by molar-refractivity contribution is 0.669. The fourth-order valence-electron chi connectivity index (χ4n) is 3.08. The molecule has 0 spiro atoms. The van der Waals surface area contributed by atoms with E-state index in [9.17, 15) is 4.79 Å². The highest BCUT2D eigenvalue weighted by molar-refractivity contribution is 7.98. The fraction of sp³-hybridized carbons (Fsp3) is 0.211. The summed E-state index contributed by atoms with van der Waals surface area (Å²) in [5, 5.41) is 2.88. The molecular formula is C19H16N4OS2. The van der Waals surface area contributed by atoms with E-state index < -0.39 is 0 Å². The minimum absolute atomic E-state index is 0.0592. The van der Waals surface area contributed by atoms with Gasteiger partial charge in [-0.15, -0.1) is 11.3 Å². The van der Waals surface area contributed by atoms with Gasteiger partial charge in [0.1, 0.15) is 10.5 Å². The Morgan fingerprint density at radius 3 is 2.88 bits per heavy atom. The van der Waals surface area contributed by atoms with Crippen LogP contribution in [0.5, 0.6) is 0 Å². The molecule has 7 heteroatoms. The van der Waals surface area contributed by atoms with E-state index >= 15 is 0 Å². The SMILES string of the molecule is O=c1[nH]c(CSc2ncc(-c3ccccc3)n2C2CC2)nc2ccsc12. The standard InChI is InChI=1S/C19H16N4OS2/c24-18-17-14(8-9-25-17)21-16(22-18)11-26-19-20-10-15(23(19)13-6-7-13)12-4-2-1-3-5-12/h1-5,8-10,13H,6-7,11H2,(H,21,22,24). The van der Waals surface area contributed by atoms with Gasteiger partial charge >= 0.3 is 0 Å². The van der Waals surface area contributed by atoms with Crippen molar-refractivity contribution in [3.63, 3.8) is 0 Å². The minimum atomic E-state index is -0.0592. The maximum Gasteiger partial charge on any atom is 0.268 e. The number of rotatable bonds is 5. The summed E-state index contributed by atoms with van der Waals surface area (Å²) in [5.74, 6) is 1.29. The number of benzene rings is 1. The molecule has 5 nitrogen and oxygen atoms in total. The second kappa shape index (κ2) is 6.41. The van der Waals surface area contributed by atoms with Crippen LogP contribution in [0.1, 0.15) is 24.7 Å². The molecule has 0 unspecified atom stereocenters. The first-order valence-corrected chi connectivity index (χ1v) is 10.4. The Hall–Kier alpha value is -2.38. The Labute approximate surface area is 158 Å². The number of hydrogen-bond donors (Lipinski definition) is 1. The summed E-state index contributed by atoms with van der Waals surface area (Å²) in [4.78, 5) is 24.2. The van der Waals surface area contributed by atoms with Gasteiger partial charge in [0.05, 0.1) is 23.2 Å². The van der Waals surface area contributed by atoms with Gasteiger partial charge < -0.3 is 9.55 Å². The second-order valence-corrected chi connectivity index (χ2v) is 8.19. The third-order valence-electron chi connectivity index (χ3n) is 4.45. The number of nitrogens with zero attached hydrogens (tertiary/aromatic N) is 3. The first kappa shape index (κ1) is 15.8. The van der Waals surface area contributed by atoms with Gasteiger partial charge in [-0.05, 0) is 29.9 Å². The van der Waals surface area contributed by atoms with Crippen LogP contribution in [0.15, 0.2) is 57.9 Å². The molecule has 1 N–H and O–H groups in total. The molecule has 0 bridgehead atoms. The molecule has 0 saturated heterocycles. The number of thioether (sulfide) groups is 1. The van der Waals surface area contributed by atoms with Gasteiger partial charge in [0.25, 0.3) is 5.56 Å². The van der Waals surface area contributed by atoms with Crippen molar-refractivity contribution in [3.05, 3.63) is 64.2 Å². The number of H-pyrrole nitrogens is 1. The first-order valence-electron chi connectivity index (χ1n) is 8.51. The molecule has 1 aliphatic carbocycles. The molecule has 1 aromatic carbocycles. The van der Waals surface area contributed by atoms with E-state index in [4.69, 9.17) is 0 Å². The molecule has 0 aliphatic heterocycles. The molecule has 5 rings (SSSR count). The van der Waals surface area contributed by atoms with Gasteiger partial charge in [-0.1, -0.05) is 42.1 Å². The monoisotopic (exact) mass is 380 g/mol. The zero-order chi connectivity index (χ0) is 17.5. The quantitative estimate of drug-likeness (QED) is 0.519. The number of hydrogen-bond acceptors (Lipinski definition) is 5. The summed E-state index contributed by atoms with van der Waals surface area (Å²) < 4.78 is 3.02. The molecule has 3 aromatic heterocycles. The van der Waals surface area contributed by atoms with Crippen molar-refractivity contribution in [2.24, 2.45) is 0 Å². The topological polar surface area (TPSA) is 63.6 Å². The second-order valence-electron chi connectivity index (χ2n) is 6.33. The van der Waals surface area contributed by atoms with E-state index in [0.29, 0.717) is 22.3 Å². The highest BCUT2D eigenvalue weighted by atomic mass is 32.2. The number of aromatic nitrogens is 4. The number of imidazole rings is 1. The molecule has 1 fully saturated rings. The van der Waals surface area contributed by atoms with Crippen LogP contribution in [0.4, 0.5) is 0 Å². The van der Waals surface area contributed by atoms with E-state index in [1.165, 1.54) is 29.7 Å². The van der Waals surface area contributed by atoms with Crippen molar-refractivity contribution < 1.29 is 0 Å². The van der Waals surface area contributed by atoms with Crippen LogP contribution < -0.4 is 5.56 Å². The van der Waals surface area contributed by atoms with Crippen molar-refractivity contribution in [2.45, 2.75) is 29.8 Å². The van der Waals surface area contributed by atoms with Crippen molar-refractivity contribution in [1.82, 2.24) is 19.5 Å². The smallest absolute Gasteiger partial charge is 0.268 e. The van der Waals surface area contributed by atoms with Crippen LogP contribution in [0, 0.1) is 0 Å². The lowest BCUT2D eigenvalue weighted by Gasteiger charge is -2.10. The lowest BCUT2D eigenvalue weighted by atomic mass is 10.2. The molecule has 3 heterocycles. The summed E-state index contributed by atoms with van der Waals surface area (Å²) in [5.41, 5.74) is 3.05. The Balaban J connectivity index is 1.45. The van der Waals surface area contributed by atoms with E-state index in [0.717, 1.165) is 16.4 Å². The molecule has 0 atom stereocenters. The molecule has 0 radical (unpaired) electrons. The maximum absolute atomic E-state index is 12.1. The largest absolute Gasteiger partial charge is 0.316 e. The lowest BCUT2D eigenvalue weighted by Crippen LogP contribution is -2.09. The van der Waals surface area contributed by atoms with Gasteiger partial charge in [0, 0.05) is 6.04 Å². The molecule has 1 aliphatic rings. The Bertz CT molecular complexity index is 1130. The van der Waals surface area contributed by atoms with Crippen molar-refractivity contribution in [1.29, 1.82) is 0 Å². The van der Waals surface area contributed by atoms with E-state index in [2.05, 4.69) is 43.8 Å². The van der Waals surface area contributed by atoms with Crippen LogP contribution in [0.3, 0.4) is 0 Å². The van der Waals surface area contributed by atoms with Crippen LogP contribution in [0.25, 0.3) is 21.5 Å².